The van der Waals surface area contributed by atoms with Crippen molar-refractivity contribution >= 4 is 42.9 Å². The van der Waals surface area contributed by atoms with Crippen LogP contribution in [-0.4, -0.2) is 33.0 Å². The molecule has 0 aromatic carbocycles. The first kappa shape index (κ1) is 24.3. The Morgan fingerprint density at radius 2 is 1.38 bits per heavy atom. The Morgan fingerprint density at radius 1 is 0.730 bits per heavy atom. The highest BCUT2D eigenvalue weighted by Crippen LogP contribution is 2.21. The number of rotatable bonds is 6. The predicted molar refractivity (Wildman–Crippen MR) is 151 cm³/mol. The number of nitrogens with one attached hydrogen (secondary N) is 4. The molecular weight excluding hydrogens is 460 g/mol. The van der Waals surface area contributed by atoms with Crippen molar-refractivity contribution in [1.82, 2.24) is 19.9 Å². The third-order valence-electron chi connectivity index (χ3n) is 7.49. The summed E-state index contributed by atoms with van der Waals surface area (Å²) in [7, 11) is 0. The molecule has 1 aliphatic rings. The Morgan fingerprint density at radius 3 is 2.05 bits per heavy atom. The van der Waals surface area contributed by atoms with Gasteiger partial charge in [-0.15, -0.1) is 0 Å². The molecule has 1 aliphatic heterocycles. The summed E-state index contributed by atoms with van der Waals surface area (Å²) in [6, 6.07) is 2.11. The van der Waals surface area contributed by atoms with E-state index in [0.29, 0.717) is 19.5 Å². The first-order valence-corrected chi connectivity index (χ1v) is 12.4. The maximum atomic E-state index is 10.8. The van der Waals surface area contributed by atoms with Gasteiger partial charge in [0.15, 0.2) is 0 Å². The molecule has 0 fully saturated rings. The second kappa shape index (κ2) is 9.54. The van der Waals surface area contributed by atoms with E-state index in [1.54, 1.807) is 0 Å². The van der Waals surface area contributed by atoms with Crippen molar-refractivity contribution in [2.75, 3.05) is 6.61 Å². The van der Waals surface area contributed by atoms with Gasteiger partial charge in [-0.1, -0.05) is 25.3 Å². The van der Waals surface area contributed by atoms with Crippen LogP contribution in [0.5, 0.6) is 0 Å². The molecule has 4 N–H and O–H groups in total. The smallest absolute Gasteiger partial charge is 0.293 e. The van der Waals surface area contributed by atoms with Gasteiger partial charge in [0.05, 0.1) is 6.61 Å². The third kappa shape index (κ3) is 4.25. The summed E-state index contributed by atoms with van der Waals surface area (Å²) in [5.41, 5.74) is 11.8. The molecule has 5 rings (SSSR count). The molecule has 6 heteroatoms. The fraction of sp³-hybridized carbons (Fsp3) is 0.194. The zero-order valence-corrected chi connectivity index (χ0v) is 21.8. The van der Waals surface area contributed by atoms with Crippen molar-refractivity contribution < 1.29 is 9.53 Å². The second-order valence-corrected chi connectivity index (χ2v) is 9.55. The fourth-order valence-electron chi connectivity index (χ4n) is 5.14. The number of fused-ring (bicyclic) bond motifs is 8. The molecule has 5 heterocycles. The Labute approximate surface area is 215 Å². The lowest BCUT2D eigenvalue weighted by atomic mass is 10.1. The summed E-state index contributed by atoms with van der Waals surface area (Å²) < 4.78 is 5.05. The van der Waals surface area contributed by atoms with E-state index in [9.17, 15) is 4.79 Å². The molecule has 0 unspecified atom stereocenters. The molecular formula is C31H32N4O2. The molecule has 4 aromatic rings. The Bertz CT molecular complexity index is 1800. The Kier molecular flexibility index (Phi) is 6.25. The topological polar surface area (TPSA) is 89.5 Å². The first-order valence-electron chi connectivity index (χ1n) is 12.4. The van der Waals surface area contributed by atoms with E-state index in [0.717, 1.165) is 72.0 Å². The quantitative estimate of drug-likeness (QED) is 0.217. The van der Waals surface area contributed by atoms with Gasteiger partial charge < -0.3 is 24.7 Å². The van der Waals surface area contributed by atoms with Gasteiger partial charge in [0.2, 0.25) is 0 Å². The van der Waals surface area contributed by atoms with E-state index in [4.69, 9.17) is 4.74 Å². The summed E-state index contributed by atoms with van der Waals surface area (Å²) in [4.78, 5) is 25.2. The standard InChI is InChI=1S/C31H32N4O2/c1-7-21-11-22-12-30-23(8-2)19(5)27(34-30)13-28-20(6)24(9-10-37-16-36)31(35-28)15-26-18(4)17(3)25(33-26)14-29(21)32-22/h7-8,11-16,32-35H,1-2,9-10H2,3-6H3. The van der Waals surface area contributed by atoms with Gasteiger partial charge in [0.1, 0.15) is 0 Å². The lowest BCUT2D eigenvalue weighted by Crippen LogP contribution is -2.13. The SMILES string of the molecule is C=Cc1cc2[nH]c1C=c1[nH]c(c(C)c1C)=Cc1[nH]c(c(C)c1CCOC=O)C=c1[nH]c(c(C=C)c1C)=C2. The van der Waals surface area contributed by atoms with Crippen LogP contribution in [0.4, 0.5) is 0 Å². The van der Waals surface area contributed by atoms with E-state index in [1.165, 1.54) is 11.1 Å². The van der Waals surface area contributed by atoms with E-state index in [2.05, 4.69) is 91.2 Å². The number of aromatic nitrogens is 4. The largest absolute Gasteiger partial charge is 0.468 e. The van der Waals surface area contributed by atoms with Gasteiger partial charge in [-0.2, -0.15) is 0 Å². The molecule has 0 saturated carbocycles. The minimum absolute atomic E-state index is 0.324. The number of hydrogen-bond acceptors (Lipinski definition) is 2. The molecule has 0 radical (unpaired) electrons. The van der Waals surface area contributed by atoms with Crippen molar-refractivity contribution in [3.8, 4) is 0 Å². The van der Waals surface area contributed by atoms with Gasteiger partial charge >= 0.3 is 0 Å². The highest BCUT2D eigenvalue weighted by molar-refractivity contribution is 5.69. The third-order valence-corrected chi connectivity index (χ3v) is 7.49. The molecule has 37 heavy (non-hydrogen) atoms. The minimum Gasteiger partial charge on any atom is -0.468 e. The van der Waals surface area contributed by atoms with Crippen molar-refractivity contribution in [1.29, 1.82) is 0 Å². The second-order valence-electron chi connectivity index (χ2n) is 9.55. The zero-order valence-electron chi connectivity index (χ0n) is 21.8. The Hall–Kier alpha value is -4.45. The highest BCUT2D eigenvalue weighted by Gasteiger charge is 2.14. The number of H-pyrrole nitrogens is 4. The minimum atomic E-state index is 0.324. The number of aromatic amines is 4. The molecule has 0 aliphatic carbocycles. The summed E-state index contributed by atoms with van der Waals surface area (Å²) in [5.74, 6) is 0. The van der Waals surface area contributed by atoms with Crippen LogP contribution in [-0.2, 0) is 16.0 Å². The van der Waals surface area contributed by atoms with Gasteiger partial charge in [-0.25, -0.2) is 0 Å². The van der Waals surface area contributed by atoms with E-state index in [-0.39, 0.29) is 0 Å². The molecule has 188 valence electrons. The first-order chi connectivity index (χ1) is 17.8. The monoisotopic (exact) mass is 492 g/mol. The van der Waals surface area contributed by atoms with E-state index in [1.807, 2.05) is 12.2 Å². The lowest BCUT2D eigenvalue weighted by Gasteiger charge is -2.02. The van der Waals surface area contributed by atoms with Gasteiger partial charge in [-0.05, 0) is 91.4 Å². The summed E-state index contributed by atoms with van der Waals surface area (Å²) >= 11 is 0. The van der Waals surface area contributed by atoms with E-state index < -0.39 is 0 Å². The van der Waals surface area contributed by atoms with Crippen LogP contribution in [0.3, 0.4) is 0 Å². The molecule has 4 aromatic heterocycles. The average Bonchev–Trinajstić information content (AvgIpc) is 3.57. The van der Waals surface area contributed by atoms with Crippen LogP contribution in [0.25, 0.3) is 36.5 Å². The fourth-order valence-corrected chi connectivity index (χ4v) is 5.14. The van der Waals surface area contributed by atoms with Crippen molar-refractivity contribution in [3.05, 3.63) is 102 Å². The number of ether oxygens (including phenoxy) is 1. The van der Waals surface area contributed by atoms with Crippen LogP contribution in [0.2, 0.25) is 0 Å². The van der Waals surface area contributed by atoms with Crippen molar-refractivity contribution in [3.63, 3.8) is 0 Å². The molecule has 0 atom stereocenters. The maximum absolute atomic E-state index is 10.8. The molecule has 0 saturated heterocycles. The molecule has 0 spiro atoms. The summed E-state index contributed by atoms with van der Waals surface area (Å²) in [6.45, 7) is 17.4. The van der Waals surface area contributed by atoms with Crippen LogP contribution in [0.1, 0.15) is 61.7 Å². The molecule has 6 nitrogen and oxygen atoms in total. The maximum Gasteiger partial charge on any atom is 0.293 e. The zero-order chi connectivity index (χ0) is 26.3. The van der Waals surface area contributed by atoms with Crippen LogP contribution >= 0.6 is 0 Å². The predicted octanol–water partition coefficient (Wildman–Crippen LogP) is 2.86. The van der Waals surface area contributed by atoms with Gasteiger partial charge in [0.25, 0.3) is 6.47 Å². The summed E-state index contributed by atoms with van der Waals surface area (Å²) in [5, 5.41) is 4.07. The van der Waals surface area contributed by atoms with Crippen LogP contribution in [0, 0.1) is 27.7 Å². The van der Waals surface area contributed by atoms with Crippen molar-refractivity contribution in [2.24, 2.45) is 0 Å². The summed E-state index contributed by atoms with van der Waals surface area (Å²) in [6.07, 6.45) is 12.9. The average molecular weight is 493 g/mol. The molecule has 8 bridgehead atoms. The molecule has 0 amide bonds. The normalized spacial score (nSPS) is 12.1. The number of carbonyl (C=O) groups is 1. The highest BCUT2D eigenvalue weighted by atomic mass is 16.5. The van der Waals surface area contributed by atoms with Gasteiger partial charge in [-0.3, -0.25) is 4.79 Å². The number of hydrogen-bond donors (Lipinski definition) is 4. The van der Waals surface area contributed by atoms with Crippen molar-refractivity contribution in [2.45, 2.75) is 34.1 Å². The lowest BCUT2D eigenvalue weighted by molar-refractivity contribution is -0.128. The van der Waals surface area contributed by atoms with Gasteiger partial charge in [0, 0.05) is 56.2 Å². The van der Waals surface area contributed by atoms with Crippen LogP contribution in [0.15, 0.2) is 19.2 Å². The number of carbonyl (C=O) groups excluding carboxylic acids is 1. The van der Waals surface area contributed by atoms with Crippen LogP contribution < -0.4 is 21.4 Å². The van der Waals surface area contributed by atoms with E-state index >= 15 is 0 Å². The Balaban J connectivity index is 1.89.